The van der Waals surface area contributed by atoms with Crippen molar-refractivity contribution in [2.24, 2.45) is 7.05 Å². The lowest BCUT2D eigenvalue weighted by atomic mass is 10.2. The van der Waals surface area contributed by atoms with Crippen molar-refractivity contribution in [1.82, 2.24) is 0 Å². The molecule has 0 bridgehead atoms. The molecule has 0 aliphatic carbocycles. The first kappa shape index (κ1) is 15.3. The Morgan fingerprint density at radius 3 is 2.55 bits per heavy atom. The summed E-state index contributed by atoms with van der Waals surface area (Å²) in [6.45, 7) is 0. The Morgan fingerprint density at radius 1 is 1.00 bits per heavy atom. The van der Waals surface area contributed by atoms with Gasteiger partial charge in [-0.2, -0.15) is 4.57 Å². The minimum Gasteiger partial charge on any atom is -1.00 e. The average molecular weight is 442 g/mol. The van der Waals surface area contributed by atoms with Crippen LogP contribution in [0.15, 0.2) is 57.6 Å². The van der Waals surface area contributed by atoms with E-state index in [1.165, 1.54) is 10.9 Å². The highest BCUT2D eigenvalue weighted by atomic mass is 127. The zero-order valence-electron chi connectivity index (χ0n) is 10.9. The lowest BCUT2D eigenvalue weighted by Gasteiger charge is -1.99. The van der Waals surface area contributed by atoms with Gasteiger partial charge in [0.15, 0.2) is 4.67 Å². The average Bonchev–Trinajstić information content (AvgIpc) is 2.84. The molecule has 4 heteroatoms. The Morgan fingerprint density at radius 2 is 1.80 bits per heavy atom. The van der Waals surface area contributed by atoms with Crippen LogP contribution < -0.4 is 28.5 Å². The molecule has 0 spiro atoms. The van der Waals surface area contributed by atoms with Gasteiger partial charge in [-0.3, -0.25) is 0 Å². The molecule has 0 saturated carbocycles. The van der Waals surface area contributed by atoms with Gasteiger partial charge in [0.2, 0.25) is 11.2 Å². The van der Waals surface area contributed by atoms with Gasteiger partial charge >= 0.3 is 0 Å². The SMILES string of the molecule is C[n+]1c(/C=C/c2ccc(Br)o2)ccc2ccccc21.[I-]. The van der Waals surface area contributed by atoms with Gasteiger partial charge < -0.3 is 28.4 Å². The van der Waals surface area contributed by atoms with Gasteiger partial charge in [-0.05, 0) is 46.3 Å². The number of aryl methyl sites for hydroxylation is 1. The predicted octanol–water partition coefficient (Wildman–Crippen LogP) is 1.19. The van der Waals surface area contributed by atoms with Crippen LogP contribution in [0.1, 0.15) is 11.5 Å². The lowest BCUT2D eigenvalue weighted by molar-refractivity contribution is -0.646. The Kier molecular flexibility index (Phi) is 4.99. The smallest absolute Gasteiger partial charge is 0.212 e. The minimum atomic E-state index is 0. The number of para-hydroxylation sites is 1. The van der Waals surface area contributed by atoms with Crippen molar-refractivity contribution < 1.29 is 33.0 Å². The third-order valence-corrected chi connectivity index (χ3v) is 3.56. The van der Waals surface area contributed by atoms with E-state index in [-0.39, 0.29) is 24.0 Å². The molecule has 0 aliphatic rings. The van der Waals surface area contributed by atoms with E-state index in [4.69, 9.17) is 4.42 Å². The lowest BCUT2D eigenvalue weighted by Crippen LogP contribution is -3.00. The monoisotopic (exact) mass is 441 g/mol. The van der Waals surface area contributed by atoms with Gasteiger partial charge in [-0.15, -0.1) is 0 Å². The summed E-state index contributed by atoms with van der Waals surface area (Å²) < 4.78 is 8.37. The fourth-order valence-corrected chi connectivity index (χ4v) is 2.43. The van der Waals surface area contributed by atoms with Crippen LogP contribution in [0.4, 0.5) is 0 Å². The number of hydrogen-bond donors (Lipinski definition) is 0. The van der Waals surface area contributed by atoms with Crippen LogP contribution >= 0.6 is 15.9 Å². The third-order valence-electron chi connectivity index (χ3n) is 3.13. The van der Waals surface area contributed by atoms with Crippen molar-refractivity contribution in [2.45, 2.75) is 0 Å². The molecule has 20 heavy (non-hydrogen) atoms. The molecule has 0 fully saturated rings. The fourth-order valence-electron chi connectivity index (χ4n) is 2.11. The number of aromatic nitrogens is 1. The number of pyridine rings is 1. The first-order valence-corrected chi connectivity index (χ1v) is 6.84. The number of halogens is 2. The third kappa shape index (κ3) is 3.12. The van der Waals surface area contributed by atoms with Crippen LogP contribution in [-0.4, -0.2) is 0 Å². The predicted molar refractivity (Wildman–Crippen MR) is 80.5 cm³/mol. The van der Waals surface area contributed by atoms with Crippen LogP contribution in [-0.2, 0) is 7.05 Å². The van der Waals surface area contributed by atoms with E-state index in [1.54, 1.807) is 0 Å². The number of nitrogens with zero attached hydrogens (tertiary/aromatic N) is 1. The molecular weight excluding hydrogens is 429 g/mol. The topological polar surface area (TPSA) is 17.0 Å². The maximum atomic E-state index is 5.45. The molecule has 3 rings (SSSR count). The molecule has 2 heterocycles. The van der Waals surface area contributed by atoms with Crippen LogP contribution in [0, 0.1) is 0 Å². The number of benzene rings is 1. The molecule has 0 amide bonds. The molecule has 0 atom stereocenters. The van der Waals surface area contributed by atoms with E-state index >= 15 is 0 Å². The van der Waals surface area contributed by atoms with Crippen LogP contribution in [0.5, 0.6) is 0 Å². The normalized spacial score (nSPS) is 10.9. The van der Waals surface area contributed by atoms with E-state index in [2.05, 4.69) is 70.0 Å². The van der Waals surface area contributed by atoms with Crippen molar-refractivity contribution in [3.63, 3.8) is 0 Å². The zero-order chi connectivity index (χ0) is 13.2. The van der Waals surface area contributed by atoms with Crippen LogP contribution in [0.2, 0.25) is 0 Å². The van der Waals surface area contributed by atoms with Crippen LogP contribution in [0.3, 0.4) is 0 Å². The molecule has 2 nitrogen and oxygen atoms in total. The highest BCUT2D eigenvalue weighted by Crippen LogP contribution is 2.16. The molecule has 0 aliphatic heterocycles. The summed E-state index contributed by atoms with van der Waals surface area (Å²) in [4.78, 5) is 0. The maximum absolute atomic E-state index is 5.45. The first-order valence-electron chi connectivity index (χ1n) is 6.05. The molecule has 2 aromatic heterocycles. The van der Waals surface area contributed by atoms with E-state index in [9.17, 15) is 0 Å². The Balaban J connectivity index is 0.00000147. The maximum Gasteiger partial charge on any atom is 0.212 e. The molecule has 0 N–H and O–H groups in total. The number of rotatable bonds is 2. The summed E-state index contributed by atoms with van der Waals surface area (Å²) in [7, 11) is 2.07. The van der Waals surface area contributed by atoms with Crippen LogP contribution in [0.25, 0.3) is 23.1 Å². The molecule has 0 unspecified atom stereocenters. The van der Waals surface area contributed by atoms with E-state index in [1.807, 2.05) is 18.2 Å². The van der Waals surface area contributed by atoms with Crippen molar-refractivity contribution in [3.05, 3.63) is 64.7 Å². The molecule has 0 radical (unpaired) electrons. The highest BCUT2D eigenvalue weighted by molar-refractivity contribution is 9.10. The first-order chi connectivity index (χ1) is 9.24. The van der Waals surface area contributed by atoms with E-state index in [0.29, 0.717) is 0 Å². The summed E-state index contributed by atoms with van der Waals surface area (Å²) in [5, 5.41) is 1.24. The van der Waals surface area contributed by atoms with Crippen molar-refractivity contribution >= 4 is 39.0 Å². The minimum absolute atomic E-state index is 0. The van der Waals surface area contributed by atoms with Crippen molar-refractivity contribution in [1.29, 1.82) is 0 Å². The molecular formula is C16H13BrINO. The summed E-state index contributed by atoms with van der Waals surface area (Å²) in [6.07, 6.45) is 4.02. The zero-order valence-corrected chi connectivity index (χ0v) is 14.6. The molecule has 102 valence electrons. The second kappa shape index (κ2) is 6.54. The standard InChI is InChI=1S/C16H13BrNO.HI/c1-18-13(8-9-14-10-11-16(17)19-14)7-6-12-4-2-3-5-15(12)18;/h2-11H,1H3;1H/q+1;/p-1/b9-8+;. The van der Waals surface area contributed by atoms with Gasteiger partial charge in [0.25, 0.3) is 0 Å². The summed E-state index contributed by atoms with van der Waals surface area (Å²) in [6, 6.07) is 16.4. The van der Waals surface area contributed by atoms with Gasteiger partial charge in [0, 0.05) is 23.6 Å². The molecule has 0 saturated heterocycles. The Hall–Kier alpha value is -1.14. The van der Waals surface area contributed by atoms with E-state index < -0.39 is 0 Å². The van der Waals surface area contributed by atoms with E-state index in [0.717, 1.165) is 16.1 Å². The molecule has 1 aromatic carbocycles. The Bertz CT molecular complexity index is 764. The second-order valence-corrected chi connectivity index (χ2v) is 5.13. The van der Waals surface area contributed by atoms with Crippen molar-refractivity contribution in [3.8, 4) is 0 Å². The number of hydrogen-bond acceptors (Lipinski definition) is 1. The Labute approximate surface area is 143 Å². The highest BCUT2D eigenvalue weighted by Gasteiger charge is 2.08. The largest absolute Gasteiger partial charge is 1.00 e. The fraction of sp³-hybridized carbons (Fsp3) is 0.0625. The van der Waals surface area contributed by atoms with Gasteiger partial charge in [0.05, 0.1) is 0 Å². The van der Waals surface area contributed by atoms with Gasteiger partial charge in [0.1, 0.15) is 12.8 Å². The van der Waals surface area contributed by atoms with Gasteiger partial charge in [-0.25, -0.2) is 0 Å². The summed E-state index contributed by atoms with van der Waals surface area (Å²) >= 11 is 3.30. The quantitative estimate of drug-likeness (QED) is 0.431. The summed E-state index contributed by atoms with van der Waals surface area (Å²) in [5.41, 5.74) is 2.34. The van der Waals surface area contributed by atoms with Gasteiger partial charge in [-0.1, -0.05) is 12.1 Å². The summed E-state index contributed by atoms with van der Waals surface area (Å²) in [5.74, 6) is 0.833. The number of fused-ring (bicyclic) bond motifs is 1. The second-order valence-electron chi connectivity index (χ2n) is 4.35. The van der Waals surface area contributed by atoms with Crippen molar-refractivity contribution in [2.75, 3.05) is 0 Å². The number of furan rings is 1. The molecule has 3 aromatic rings.